The number of nitrogens with zero attached hydrogens (tertiary/aromatic N) is 3. The molecule has 0 spiro atoms. The molecule has 0 radical (unpaired) electrons. The number of hydrogen-bond acceptors (Lipinski definition) is 4. The van der Waals surface area contributed by atoms with E-state index in [1.165, 1.54) is 11.1 Å². The number of amides is 3. The normalized spacial score (nSPS) is 14.8. The van der Waals surface area contributed by atoms with Crippen molar-refractivity contribution in [2.45, 2.75) is 6.54 Å². The van der Waals surface area contributed by atoms with Gasteiger partial charge in [-0.1, -0.05) is 0 Å². The average Bonchev–Trinajstić information content (AvgIpc) is 2.58. The van der Waals surface area contributed by atoms with Crippen molar-refractivity contribution in [2.24, 2.45) is 0 Å². The van der Waals surface area contributed by atoms with Crippen LogP contribution in [0.25, 0.3) is 0 Å². The van der Waals surface area contributed by atoms with Gasteiger partial charge in [-0.05, 0) is 17.7 Å². The highest BCUT2D eigenvalue weighted by Crippen LogP contribution is 2.08. The Labute approximate surface area is 91.5 Å². The molecule has 1 aromatic heterocycles. The molecule has 2 rings (SSSR count). The highest BCUT2D eigenvalue weighted by molar-refractivity contribution is 6.01. The maximum Gasteiger partial charge on any atom is 0.324 e. The van der Waals surface area contributed by atoms with Crippen LogP contribution < -0.4 is 5.32 Å². The number of aromatic nitrogens is 1. The van der Waals surface area contributed by atoms with Gasteiger partial charge in [0.25, 0.3) is 0 Å². The predicted octanol–water partition coefficient (Wildman–Crippen LogP) is 0.00508. The Balaban J connectivity index is 2.12. The van der Waals surface area contributed by atoms with E-state index in [-0.39, 0.29) is 12.5 Å². The van der Waals surface area contributed by atoms with Crippen LogP contribution in [0.1, 0.15) is 11.3 Å². The minimum Gasteiger partial charge on any atom is -0.311 e. The molecule has 1 aliphatic heterocycles. The number of nitrogens with one attached hydrogen (secondary N) is 1. The summed E-state index contributed by atoms with van der Waals surface area (Å²) in [6, 6.07) is 4.81. The van der Waals surface area contributed by atoms with E-state index in [4.69, 9.17) is 5.26 Å². The highest BCUT2D eigenvalue weighted by atomic mass is 16.2. The van der Waals surface area contributed by atoms with Gasteiger partial charge in [-0.15, -0.1) is 0 Å². The van der Waals surface area contributed by atoms with Crippen molar-refractivity contribution in [1.82, 2.24) is 15.2 Å². The van der Waals surface area contributed by atoms with E-state index in [2.05, 4.69) is 10.3 Å². The minimum absolute atomic E-state index is 0.0586. The standard InChI is InChI=1S/C10H8N4O2/c11-4-8-3-7(1-2-12-8)5-14-6-9(15)13-10(14)16/h1-3H,5-6H2,(H,13,15,16). The zero-order valence-electron chi connectivity index (χ0n) is 8.30. The molecule has 3 amide bonds. The maximum absolute atomic E-state index is 11.3. The molecule has 6 heteroatoms. The van der Waals surface area contributed by atoms with Crippen molar-refractivity contribution in [1.29, 1.82) is 5.26 Å². The molecule has 0 bridgehead atoms. The zero-order valence-corrected chi connectivity index (χ0v) is 8.30. The Kier molecular flexibility index (Phi) is 2.52. The van der Waals surface area contributed by atoms with Gasteiger partial charge in [0.05, 0.1) is 0 Å². The average molecular weight is 216 g/mol. The Bertz CT molecular complexity index is 492. The van der Waals surface area contributed by atoms with Crippen LogP contribution in [0.3, 0.4) is 0 Å². The fraction of sp³-hybridized carbons (Fsp3) is 0.200. The fourth-order valence-electron chi connectivity index (χ4n) is 1.46. The lowest BCUT2D eigenvalue weighted by Crippen LogP contribution is -2.27. The summed E-state index contributed by atoms with van der Waals surface area (Å²) in [5.41, 5.74) is 1.07. The summed E-state index contributed by atoms with van der Waals surface area (Å²) >= 11 is 0. The third-order valence-electron chi connectivity index (χ3n) is 2.18. The lowest BCUT2D eigenvalue weighted by atomic mass is 10.2. The molecular formula is C10H8N4O2. The maximum atomic E-state index is 11.3. The first-order valence-electron chi connectivity index (χ1n) is 4.63. The number of hydrogen-bond donors (Lipinski definition) is 1. The molecule has 1 fully saturated rings. The third kappa shape index (κ3) is 1.98. The van der Waals surface area contributed by atoms with Crippen molar-refractivity contribution in [3.63, 3.8) is 0 Å². The van der Waals surface area contributed by atoms with Gasteiger partial charge in [-0.2, -0.15) is 5.26 Å². The molecule has 0 aromatic carbocycles. The van der Waals surface area contributed by atoms with Crippen LogP contribution >= 0.6 is 0 Å². The van der Waals surface area contributed by atoms with Gasteiger partial charge < -0.3 is 4.90 Å². The molecule has 1 aromatic rings. The lowest BCUT2D eigenvalue weighted by Gasteiger charge is -2.12. The van der Waals surface area contributed by atoms with Gasteiger partial charge in [0, 0.05) is 12.7 Å². The second kappa shape index (κ2) is 3.98. The van der Waals surface area contributed by atoms with E-state index in [0.29, 0.717) is 12.2 Å². The van der Waals surface area contributed by atoms with Crippen LogP contribution in [0.4, 0.5) is 4.79 Å². The molecule has 80 valence electrons. The van der Waals surface area contributed by atoms with Gasteiger partial charge in [-0.3, -0.25) is 10.1 Å². The molecule has 1 aliphatic rings. The number of rotatable bonds is 2. The lowest BCUT2D eigenvalue weighted by molar-refractivity contribution is -0.118. The SMILES string of the molecule is N#Cc1cc(CN2CC(=O)NC2=O)ccn1. The van der Waals surface area contributed by atoms with E-state index in [1.54, 1.807) is 12.1 Å². The van der Waals surface area contributed by atoms with Crippen LogP contribution in [0.5, 0.6) is 0 Å². The van der Waals surface area contributed by atoms with Crippen molar-refractivity contribution < 1.29 is 9.59 Å². The largest absolute Gasteiger partial charge is 0.324 e. The van der Waals surface area contributed by atoms with Gasteiger partial charge in [0.1, 0.15) is 18.3 Å². The highest BCUT2D eigenvalue weighted by Gasteiger charge is 2.26. The Morgan fingerprint density at radius 1 is 1.56 bits per heavy atom. The van der Waals surface area contributed by atoms with Crippen LogP contribution in [0.2, 0.25) is 0 Å². The zero-order chi connectivity index (χ0) is 11.5. The topological polar surface area (TPSA) is 86.1 Å². The van der Waals surface area contributed by atoms with Crippen LogP contribution in [-0.4, -0.2) is 28.4 Å². The summed E-state index contributed by atoms with van der Waals surface area (Å²) in [5, 5.41) is 10.8. The van der Waals surface area contributed by atoms with Crippen LogP contribution in [0, 0.1) is 11.3 Å². The van der Waals surface area contributed by atoms with E-state index in [1.807, 2.05) is 6.07 Å². The Morgan fingerprint density at radius 3 is 3.00 bits per heavy atom. The number of urea groups is 1. The third-order valence-corrected chi connectivity index (χ3v) is 2.18. The van der Waals surface area contributed by atoms with Crippen molar-refractivity contribution >= 4 is 11.9 Å². The predicted molar refractivity (Wildman–Crippen MR) is 52.9 cm³/mol. The summed E-state index contributed by atoms with van der Waals surface area (Å²) in [6.07, 6.45) is 1.50. The quantitative estimate of drug-likeness (QED) is 0.705. The van der Waals surface area contributed by atoms with E-state index >= 15 is 0 Å². The van der Waals surface area contributed by atoms with Gasteiger partial charge >= 0.3 is 6.03 Å². The number of nitriles is 1. The molecule has 0 saturated carbocycles. The minimum atomic E-state index is -0.402. The van der Waals surface area contributed by atoms with Crippen LogP contribution in [-0.2, 0) is 11.3 Å². The van der Waals surface area contributed by atoms with Gasteiger partial charge in [-0.25, -0.2) is 9.78 Å². The molecule has 6 nitrogen and oxygen atoms in total. The Morgan fingerprint density at radius 2 is 2.38 bits per heavy atom. The van der Waals surface area contributed by atoms with Crippen molar-refractivity contribution in [3.8, 4) is 6.07 Å². The number of carbonyl (C=O) groups is 2. The molecule has 0 atom stereocenters. The van der Waals surface area contributed by atoms with Crippen LogP contribution in [0.15, 0.2) is 18.3 Å². The number of pyridine rings is 1. The smallest absolute Gasteiger partial charge is 0.311 e. The van der Waals surface area contributed by atoms with Crippen molar-refractivity contribution in [2.75, 3.05) is 6.54 Å². The molecule has 1 saturated heterocycles. The first-order chi connectivity index (χ1) is 7.69. The number of carbonyl (C=O) groups excluding carboxylic acids is 2. The first-order valence-corrected chi connectivity index (χ1v) is 4.63. The second-order valence-electron chi connectivity index (χ2n) is 3.37. The van der Waals surface area contributed by atoms with E-state index in [0.717, 1.165) is 5.56 Å². The second-order valence-corrected chi connectivity index (χ2v) is 3.37. The summed E-state index contributed by atoms with van der Waals surface area (Å²) in [7, 11) is 0. The summed E-state index contributed by atoms with van der Waals surface area (Å²) < 4.78 is 0. The Hall–Kier alpha value is -2.42. The molecule has 2 heterocycles. The van der Waals surface area contributed by atoms with Gasteiger partial charge in [0.2, 0.25) is 5.91 Å². The molecule has 1 N–H and O–H groups in total. The van der Waals surface area contributed by atoms with Gasteiger partial charge in [0.15, 0.2) is 0 Å². The summed E-state index contributed by atoms with van der Waals surface area (Å²) in [4.78, 5) is 27.4. The molecule has 16 heavy (non-hydrogen) atoms. The summed E-state index contributed by atoms with van der Waals surface area (Å²) in [5.74, 6) is -0.306. The fourth-order valence-corrected chi connectivity index (χ4v) is 1.46. The molecule has 0 unspecified atom stereocenters. The van der Waals surface area contributed by atoms with E-state index < -0.39 is 6.03 Å². The molecule has 0 aliphatic carbocycles. The number of imide groups is 1. The van der Waals surface area contributed by atoms with Crippen molar-refractivity contribution in [3.05, 3.63) is 29.6 Å². The molecular weight excluding hydrogens is 208 g/mol. The monoisotopic (exact) mass is 216 g/mol. The first kappa shape index (κ1) is 10.1. The summed E-state index contributed by atoms with van der Waals surface area (Å²) in [6.45, 7) is 0.359. The van der Waals surface area contributed by atoms with E-state index in [9.17, 15) is 9.59 Å².